The summed E-state index contributed by atoms with van der Waals surface area (Å²) in [7, 11) is -2.16. The molecule has 8 heteroatoms. The zero-order valence-electron chi connectivity index (χ0n) is 14.8. The number of nitrogens with one attached hydrogen (secondary N) is 2. The summed E-state index contributed by atoms with van der Waals surface area (Å²) in [6, 6.07) is 14.8. The number of carbonyl (C=O) groups excluding carboxylic acids is 1. The van der Waals surface area contributed by atoms with E-state index in [-0.39, 0.29) is 23.2 Å². The molecule has 0 spiro atoms. The van der Waals surface area contributed by atoms with E-state index in [0.717, 1.165) is 6.54 Å². The zero-order chi connectivity index (χ0) is 18.3. The summed E-state index contributed by atoms with van der Waals surface area (Å²) in [5.74, 6) is -0.224. The number of para-hydroxylation sites is 1. The molecule has 0 unspecified atom stereocenters. The van der Waals surface area contributed by atoms with Crippen LogP contribution in [0, 0.1) is 0 Å². The lowest BCUT2D eigenvalue weighted by atomic mass is 10.2. The van der Waals surface area contributed by atoms with E-state index in [4.69, 9.17) is 0 Å². The Kier molecular flexibility index (Phi) is 8.57. The number of nitrogens with zero attached hydrogens (tertiary/aromatic N) is 1. The van der Waals surface area contributed by atoms with Gasteiger partial charge in [0.15, 0.2) is 0 Å². The highest BCUT2D eigenvalue weighted by atomic mass is 35.5. The van der Waals surface area contributed by atoms with Crippen molar-refractivity contribution in [1.29, 1.82) is 0 Å². The smallest absolute Gasteiger partial charge is 0.264 e. The number of rotatable bonds is 8. The van der Waals surface area contributed by atoms with Gasteiger partial charge in [-0.1, -0.05) is 25.1 Å². The molecule has 0 saturated carbocycles. The third-order valence-electron chi connectivity index (χ3n) is 3.73. The van der Waals surface area contributed by atoms with Crippen molar-refractivity contribution >= 4 is 34.0 Å². The van der Waals surface area contributed by atoms with E-state index in [9.17, 15) is 13.2 Å². The molecule has 0 bridgehead atoms. The van der Waals surface area contributed by atoms with E-state index in [0.29, 0.717) is 24.3 Å². The van der Waals surface area contributed by atoms with Gasteiger partial charge in [0.2, 0.25) is 0 Å². The fourth-order valence-corrected chi connectivity index (χ4v) is 3.45. The van der Waals surface area contributed by atoms with Crippen molar-refractivity contribution < 1.29 is 13.2 Å². The van der Waals surface area contributed by atoms with Crippen molar-refractivity contribution in [3.63, 3.8) is 0 Å². The van der Waals surface area contributed by atoms with Crippen LogP contribution in [-0.2, 0) is 10.0 Å². The Morgan fingerprint density at radius 2 is 1.62 bits per heavy atom. The number of amides is 1. The first-order valence-electron chi connectivity index (χ1n) is 8.09. The van der Waals surface area contributed by atoms with Crippen molar-refractivity contribution in [3.05, 3.63) is 60.2 Å². The van der Waals surface area contributed by atoms with Gasteiger partial charge in [0.05, 0.1) is 10.6 Å². The van der Waals surface area contributed by atoms with Gasteiger partial charge >= 0.3 is 0 Å². The van der Waals surface area contributed by atoms with Crippen molar-refractivity contribution in [2.45, 2.75) is 11.8 Å². The highest BCUT2D eigenvalue weighted by molar-refractivity contribution is 7.92. The summed E-state index contributed by atoms with van der Waals surface area (Å²) >= 11 is 0. The average Bonchev–Trinajstić information content (AvgIpc) is 2.65. The average molecular weight is 398 g/mol. The number of halogens is 1. The summed E-state index contributed by atoms with van der Waals surface area (Å²) in [6.07, 6.45) is 0. The van der Waals surface area contributed by atoms with E-state index in [1.54, 1.807) is 24.3 Å². The zero-order valence-corrected chi connectivity index (χ0v) is 16.4. The second-order valence-corrected chi connectivity index (χ2v) is 7.41. The normalized spacial score (nSPS) is 10.7. The fraction of sp³-hybridized carbons (Fsp3) is 0.278. The maximum Gasteiger partial charge on any atom is 0.264 e. The number of hydrogen-bond donors (Lipinski definition) is 2. The van der Waals surface area contributed by atoms with Gasteiger partial charge in [-0.05, 0) is 42.9 Å². The lowest BCUT2D eigenvalue weighted by Crippen LogP contribution is -2.31. The minimum atomic E-state index is -3.67. The number of carbonyl (C=O) groups is 1. The Bertz CT molecular complexity index is 796. The van der Waals surface area contributed by atoms with E-state index in [1.165, 1.54) is 35.6 Å². The summed E-state index contributed by atoms with van der Waals surface area (Å²) in [5.41, 5.74) is 1.01. The Morgan fingerprint density at radius 3 is 2.19 bits per heavy atom. The monoisotopic (exact) mass is 397 g/mol. The van der Waals surface area contributed by atoms with Gasteiger partial charge in [-0.25, -0.2) is 8.42 Å². The Morgan fingerprint density at radius 1 is 1.00 bits per heavy atom. The third kappa shape index (κ3) is 5.45. The van der Waals surface area contributed by atoms with Gasteiger partial charge in [-0.15, -0.1) is 12.4 Å². The molecule has 2 N–H and O–H groups in total. The van der Waals surface area contributed by atoms with Crippen LogP contribution in [0.3, 0.4) is 0 Å². The van der Waals surface area contributed by atoms with Gasteiger partial charge in [0.1, 0.15) is 0 Å². The third-order valence-corrected chi connectivity index (χ3v) is 5.53. The van der Waals surface area contributed by atoms with Crippen LogP contribution in [0.1, 0.15) is 17.3 Å². The molecule has 0 atom stereocenters. The molecule has 26 heavy (non-hydrogen) atoms. The first-order chi connectivity index (χ1) is 12.0. The molecule has 0 fully saturated rings. The van der Waals surface area contributed by atoms with Crippen LogP contribution >= 0.6 is 12.4 Å². The van der Waals surface area contributed by atoms with E-state index >= 15 is 0 Å². The number of benzene rings is 2. The Balaban J connectivity index is 0.00000338. The molecule has 2 aromatic carbocycles. The van der Waals surface area contributed by atoms with Crippen LogP contribution < -0.4 is 14.9 Å². The lowest BCUT2D eigenvalue weighted by molar-refractivity contribution is 0.0954. The molecule has 142 valence electrons. The van der Waals surface area contributed by atoms with E-state index in [1.807, 2.05) is 13.0 Å². The molecular weight excluding hydrogens is 374 g/mol. The van der Waals surface area contributed by atoms with Gasteiger partial charge in [0, 0.05) is 25.7 Å². The molecule has 6 nitrogen and oxygen atoms in total. The van der Waals surface area contributed by atoms with Crippen LogP contribution in [0.2, 0.25) is 0 Å². The molecule has 0 aromatic heterocycles. The lowest BCUT2D eigenvalue weighted by Gasteiger charge is -2.19. The molecule has 2 aromatic rings. The van der Waals surface area contributed by atoms with Crippen LogP contribution in [0.25, 0.3) is 0 Å². The molecule has 0 heterocycles. The van der Waals surface area contributed by atoms with Crippen molar-refractivity contribution in [3.8, 4) is 0 Å². The molecule has 0 saturated heterocycles. The standard InChI is InChI=1S/C18H23N3O3S.ClH/c1-3-19-13-14-20-18(22)15-9-11-17(12-10-15)25(23,24)21(2)16-7-5-4-6-8-16;/h4-12,19H,3,13-14H2,1-2H3,(H,20,22);1H. The predicted octanol–water partition coefficient (Wildman–Crippen LogP) is 2.27. The molecule has 2 rings (SSSR count). The van der Waals surface area contributed by atoms with Crippen LogP contribution in [-0.4, -0.2) is 41.0 Å². The molecule has 0 aliphatic heterocycles. The van der Waals surface area contributed by atoms with Gasteiger partial charge in [-0.3, -0.25) is 9.10 Å². The molecule has 1 amide bonds. The Hall–Kier alpha value is -2.09. The maximum atomic E-state index is 12.7. The summed E-state index contributed by atoms with van der Waals surface area (Å²) in [6.45, 7) is 4.05. The molecule has 0 radical (unpaired) electrons. The highest BCUT2D eigenvalue weighted by Gasteiger charge is 2.21. The maximum absolute atomic E-state index is 12.7. The number of anilines is 1. The van der Waals surface area contributed by atoms with E-state index in [2.05, 4.69) is 10.6 Å². The fourth-order valence-electron chi connectivity index (χ4n) is 2.26. The predicted molar refractivity (Wildman–Crippen MR) is 107 cm³/mol. The first kappa shape index (κ1) is 22.0. The van der Waals surface area contributed by atoms with Gasteiger partial charge < -0.3 is 10.6 Å². The molecule has 0 aliphatic rings. The summed E-state index contributed by atoms with van der Waals surface area (Å²) in [5, 5.41) is 5.89. The SMILES string of the molecule is CCNCCNC(=O)c1ccc(S(=O)(=O)N(C)c2ccccc2)cc1.Cl. The topological polar surface area (TPSA) is 78.5 Å². The van der Waals surface area contributed by atoms with Gasteiger partial charge in [0.25, 0.3) is 15.9 Å². The van der Waals surface area contributed by atoms with Crippen LogP contribution in [0.15, 0.2) is 59.5 Å². The van der Waals surface area contributed by atoms with Crippen molar-refractivity contribution in [1.82, 2.24) is 10.6 Å². The van der Waals surface area contributed by atoms with Gasteiger partial charge in [-0.2, -0.15) is 0 Å². The van der Waals surface area contributed by atoms with Crippen molar-refractivity contribution in [2.24, 2.45) is 0 Å². The second kappa shape index (κ2) is 10.2. The number of sulfonamides is 1. The summed E-state index contributed by atoms with van der Waals surface area (Å²) in [4.78, 5) is 12.2. The Labute approximate surface area is 161 Å². The molecule has 0 aliphatic carbocycles. The van der Waals surface area contributed by atoms with Crippen molar-refractivity contribution in [2.75, 3.05) is 31.0 Å². The minimum Gasteiger partial charge on any atom is -0.351 e. The van der Waals surface area contributed by atoms with E-state index < -0.39 is 10.0 Å². The second-order valence-electron chi connectivity index (χ2n) is 5.44. The molecular formula is C18H24ClN3O3S. The number of hydrogen-bond acceptors (Lipinski definition) is 4. The summed E-state index contributed by atoms with van der Waals surface area (Å²) < 4.78 is 26.6. The van der Waals surface area contributed by atoms with Crippen LogP contribution in [0.4, 0.5) is 5.69 Å². The quantitative estimate of drug-likeness (QED) is 0.670. The first-order valence-corrected chi connectivity index (χ1v) is 9.53. The minimum absolute atomic E-state index is 0. The highest BCUT2D eigenvalue weighted by Crippen LogP contribution is 2.21. The largest absolute Gasteiger partial charge is 0.351 e. The number of likely N-dealkylation sites (N-methyl/N-ethyl adjacent to an activating group) is 1. The van der Waals surface area contributed by atoms with Crippen LogP contribution in [0.5, 0.6) is 0 Å².